The first-order chi connectivity index (χ1) is 10.7. The predicted octanol–water partition coefficient (Wildman–Crippen LogP) is 1.99. The summed E-state index contributed by atoms with van der Waals surface area (Å²) in [7, 11) is 0. The van der Waals surface area contributed by atoms with Crippen LogP contribution in [0.25, 0.3) is 16.6 Å². The van der Waals surface area contributed by atoms with E-state index >= 15 is 0 Å². The quantitative estimate of drug-likeness (QED) is 0.915. The van der Waals surface area contributed by atoms with Gasteiger partial charge in [0.1, 0.15) is 24.4 Å². The average molecular weight is 298 g/mol. The van der Waals surface area contributed by atoms with Crippen molar-refractivity contribution in [3.63, 3.8) is 0 Å². The molecule has 0 saturated heterocycles. The lowest BCUT2D eigenvalue weighted by atomic mass is 10.1. The summed E-state index contributed by atoms with van der Waals surface area (Å²) < 4.78 is 7.07. The highest BCUT2D eigenvalue weighted by Gasteiger charge is 2.18. The van der Waals surface area contributed by atoms with Crippen LogP contribution in [0.15, 0.2) is 29.5 Å². The molecule has 1 aliphatic heterocycles. The Labute approximate surface area is 128 Å². The monoisotopic (exact) mass is 298 g/mol. The number of allylic oxidation sites excluding steroid dienone is 2. The zero-order valence-corrected chi connectivity index (χ0v) is 12.6. The van der Waals surface area contributed by atoms with Crippen molar-refractivity contribution in [1.29, 1.82) is 0 Å². The van der Waals surface area contributed by atoms with Crippen LogP contribution >= 0.6 is 0 Å². The van der Waals surface area contributed by atoms with E-state index in [0.717, 1.165) is 22.3 Å². The van der Waals surface area contributed by atoms with Crippen molar-refractivity contribution in [3.05, 3.63) is 30.2 Å². The van der Waals surface area contributed by atoms with Crippen LogP contribution in [-0.4, -0.2) is 39.3 Å². The number of hydrogen-bond acceptors (Lipinski definition) is 6. The zero-order chi connectivity index (χ0) is 15.5. The number of anilines is 1. The Morgan fingerprint density at radius 1 is 1.32 bits per heavy atom. The van der Waals surface area contributed by atoms with Crippen LogP contribution < -0.4 is 5.73 Å². The molecule has 114 valence electrons. The summed E-state index contributed by atoms with van der Waals surface area (Å²) in [5.41, 5.74) is 8.52. The molecule has 22 heavy (non-hydrogen) atoms. The van der Waals surface area contributed by atoms with Crippen molar-refractivity contribution in [1.82, 2.24) is 19.7 Å². The highest BCUT2D eigenvalue weighted by atomic mass is 16.5. The largest absolute Gasteiger partial charge is 0.479 e. The van der Waals surface area contributed by atoms with E-state index in [-0.39, 0.29) is 6.04 Å². The lowest BCUT2D eigenvalue weighted by Crippen LogP contribution is -2.04. The van der Waals surface area contributed by atoms with Crippen LogP contribution in [0.3, 0.4) is 0 Å². The van der Waals surface area contributed by atoms with Crippen LogP contribution in [0.2, 0.25) is 0 Å². The topological polar surface area (TPSA) is 91.2 Å². The molecule has 0 aliphatic carbocycles. The van der Waals surface area contributed by atoms with Gasteiger partial charge in [0.05, 0.1) is 11.9 Å². The van der Waals surface area contributed by atoms with Crippen LogP contribution in [0.5, 0.6) is 0 Å². The highest BCUT2D eigenvalue weighted by Crippen LogP contribution is 2.29. The molecule has 2 N–H and O–H groups in total. The van der Waals surface area contributed by atoms with Gasteiger partial charge in [0, 0.05) is 11.6 Å². The molecule has 0 fully saturated rings. The molecule has 3 rings (SSSR count). The van der Waals surface area contributed by atoms with Gasteiger partial charge in [0.2, 0.25) is 0 Å². The third kappa shape index (κ3) is 2.57. The number of ether oxygens (including phenoxy) is 1. The van der Waals surface area contributed by atoms with Gasteiger partial charge in [-0.25, -0.2) is 14.6 Å². The minimum absolute atomic E-state index is 0.174. The number of aliphatic imine (C=N–C) groups is 1. The summed E-state index contributed by atoms with van der Waals surface area (Å²) in [6, 6.07) is 0.174. The first-order valence-corrected chi connectivity index (χ1v) is 7.14. The van der Waals surface area contributed by atoms with Crippen LogP contribution in [0.1, 0.15) is 25.6 Å². The van der Waals surface area contributed by atoms with E-state index in [2.05, 4.69) is 28.8 Å². The van der Waals surface area contributed by atoms with E-state index < -0.39 is 0 Å². The Hall–Kier alpha value is -2.70. The number of fused-ring (bicyclic) bond motifs is 1. The molecule has 3 heterocycles. The second-order valence-corrected chi connectivity index (χ2v) is 5.21. The SMILES string of the molecule is CC(C)n1nc(C2=CCN=COCC=C2)c2c(N)ncnc21. The first-order valence-electron chi connectivity index (χ1n) is 7.14. The van der Waals surface area contributed by atoms with Gasteiger partial charge in [-0.15, -0.1) is 0 Å². The molecule has 0 aromatic carbocycles. The van der Waals surface area contributed by atoms with Gasteiger partial charge >= 0.3 is 0 Å². The van der Waals surface area contributed by atoms with E-state index in [4.69, 9.17) is 15.6 Å². The van der Waals surface area contributed by atoms with Gasteiger partial charge in [-0.2, -0.15) is 5.10 Å². The maximum absolute atomic E-state index is 6.07. The molecule has 7 nitrogen and oxygen atoms in total. The standard InChI is InChI=1S/C15H18N6O/c1-10(2)21-15-12(14(16)18-8-19-15)13(20-21)11-4-3-7-22-9-17-6-5-11/h3-5,8-10H,6-7H2,1-2H3,(H2,16,18,19). The van der Waals surface area contributed by atoms with Crippen molar-refractivity contribution in [2.45, 2.75) is 19.9 Å². The molecule has 0 radical (unpaired) electrons. The van der Waals surface area contributed by atoms with Crippen LogP contribution in [0.4, 0.5) is 5.82 Å². The maximum atomic E-state index is 6.07. The van der Waals surface area contributed by atoms with Crippen molar-refractivity contribution in [2.75, 3.05) is 18.9 Å². The fraction of sp³-hybridized carbons (Fsp3) is 0.333. The van der Waals surface area contributed by atoms with Crippen LogP contribution in [-0.2, 0) is 4.74 Å². The lowest BCUT2D eigenvalue weighted by molar-refractivity contribution is 0.367. The third-order valence-corrected chi connectivity index (χ3v) is 3.34. The summed E-state index contributed by atoms with van der Waals surface area (Å²) in [4.78, 5) is 12.6. The molecule has 0 saturated carbocycles. The van der Waals surface area contributed by atoms with E-state index in [1.165, 1.54) is 12.7 Å². The smallest absolute Gasteiger partial charge is 0.170 e. The summed E-state index contributed by atoms with van der Waals surface area (Å²) in [5, 5.41) is 5.47. The highest BCUT2D eigenvalue weighted by molar-refractivity contribution is 5.97. The predicted molar refractivity (Wildman–Crippen MR) is 86.5 cm³/mol. The number of nitrogen functional groups attached to an aromatic ring is 1. The van der Waals surface area contributed by atoms with Gasteiger partial charge in [-0.1, -0.05) is 12.2 Å². The fourth-order valence-electron chi connectivity index (χ4n) is 2.32. The number of nitrogens with two attached hydrogens (primary N) is 1. The molecule has 0 amide bonds. The molecule has 1 aliphatic rings. The van der Waals surface area contributed by atoms with Gasteiger partial charge in [0.25, 0.3) is 0 Å². The minimum atomic E-state index is 0.174. The summed E-state index contributed by atoms with van der Waals surface area (Å²) in [6.07, 6.45) is 8.80. The lowest BCUT2D eigenvalue weighted by Gasteiger charge is -2.05. The van der Waals surface area contributed by atoms with Gasteiger partial charge < -0.3 is 10.5 Å². The molecule has 2 aromatic heterocycles. The van der Waals surface area contributed by atoms with E-state index in [9.17, 15) is 0 Å². The van der Waals surface area contributed by atoms with E-state index in [0.29, 0.717) is 19.0 Å². The normalized spacial score (nSPS) is 15.3. The molecule has 0 atom stereocenters. The van der Waals surface area contributed by atoms with Crippen molar-refractivity contribution in [2.24, 2.45) is 4.99 Å². The second-order valence-electron chi connectivity index (χ2n) is 5.21. The molecule has 7 heteroatoms. The third-order valence-electron chi connectivity index (χ3n) is 3.34. The van der Waals surface area contributed by atoms with Crippen molar-refractivity contribution in [3.8, 4) is 0 Å². The molecular formula is C15H18N6O. The number of aromatic nitrogens is 4. The Kier molecular flexibility index (Phi) is 3.86. The van der Waals surface area contributed by atoms with E-state index in [1.807, 2.05) is 22.9 Å². The van der Waals surface area contributed by atoms with E-state index in [1.54, 1.807) is 0 Å². The Balaban J connectivity index is 2.21. The Morgan fingerprint density at radius 3 is 3.00 bits per heavy atom. The minimum Gasteiger partial charge on any atom is -0.479 e. The summed E-state index contributed by atoms with van der Waals surface area (Å²) in [6.45, 7) is 5.10. The number of nitrogens with zero attached hydrogens (tertiary/aromatic N) is 5. The van der Waals surface area contributed by atoms with Gasteiger partial charge in [-0.3, -0.25) is 4.99 Å². The fourth-order valence-corrected chi connectivity index (χ4v) is 2.32. The van der Waals surface area contributed by atoms with Gasteiger partial charge in [-0.05, 0) is 19.9 Å². The number of rotatable bonds is 2. The number of hydrogen-bond donors (Lipinski definition) is 1. The summed E-state index contributed by atoms with van der Waals surface area (Å²) in [5.74, 6) is 0.431. The second kappa shape index (κ2) is 5.97. The molecule has 0 bridgehead atoms. The average Bonchev–Trinajstić information content (AvgIpc) is 2.93. The molecular weight excluding hydrogens is 280 g/mol. The first kappa shape index (κ1) is 14.2. The van der Waals surface area contributed by atoms with Crippen molar-refractivity contribution < 1.29 is 4.74 Å². The zero-order valence-electron chi connectivity index (χ0n) is 12.6. The molecule has 2 aromatic rings. The van der Waals surface area contributed by atoms with Crippen molar-refractivity contribution >= 4 is 28.8 Å². The van der Waals surface area contributed by atoms with Gasteiger partial charge in [0.15, 0.2) is 12.0 Å². The Morgan fingerprint density at radius 2 is 2.18 bits per heavy atom. The Bertz CT molecular complexity index is 772. The van der Waals surface area contributed by atoms with Crippen LogP contribution in [0, 0.1) is 0 Å². The maximum Gasteiger partial charge on any atom is 0.170 e. The molecule has 0 unspecified atom stereocenters. The summed E-state index contributed by atoms with van der Waals surface area (Å²) >= 11 is 0. The molecule has 0 spiro atoms.